The first-order valence-corrected chi connectivity index (χ1v) is 7.61. The van der Waals surface area contributed by atoms with Crippen molar-refractivity contribution in [3.8, 4) is 11.8 Å². The molecule has 0 heterocycles. The van der Waals surface area contributed by atoms with E-state index in [0.29, 0.717) is 12.5 Å². The Morgan fingerprint density at radius 1 is 1.25 bits per heavy atom. The number of rotatable bonds is 6. The predicted molar refractivity (Wildman–Crippen MR) is 83.3 cm³/mol. The monoisotopic (exact) mass is 271 g/mol. The van der Waals surface area contributed by atoms with Crippen LogP contribution in [0.15, 0.2) is 24.3 Å². The Hall–Kier alpha value is -1.30. The highest BCUT2D eigenvalue weighted by Crippen LogP contribution is 2.30. The molecule has 0 amide bonds. The van der Waals surface area contributed by atoms with Crippen LogP contribution >= 0.6 is 0 Å². The summed E-state index contributed by atoms with van der Waals surface area (Å²) in [6, 6.07) is 9.10. The third-order valence-corrected chi connectivity index (χ3v) is 3.73. The van der Waals surface area contributed by atoms with Gasteiger partial charge in [-0.05, 0) is 50.3 Å². The fourth-order valence-electron chi connectivity index (χ4n) is 2.24. The zero-order chi connectivity index (χ0) is 14.4. The summed E-state index contributed by atoms with van der Waals surface area (Å²) in [4.78, 5) is 2.56. The molecule has 1 aromatic carbocycles. The van der Waals surface area contributed by atoms with Crippen LogP contribution in [0.4, 0.5) is 0 Å². The summed E-state index contributed by atoms with van der Waals surface area (Å²) in [5, 5.41) is 8.71. The number of benzene rings is 1. The van der Waals surface area contributed by atoms with E-state index in [1.807, 2.05) is 0 Å². The fraction of sp³-hybridized carbons (Fsp3) is 0.556. The predicted octanol–water partition coefficient (Wildman–Crippen LogP) is 3.04. The molecule has 0 aromatic heterocycles. The average molecular weight is 271 g/mol. The van der Waals surface area contributed by atoms with E-state index in [2.05, 4.69) is 54.9 Å². The lowest BCUT2D eigenvalue weighted by Gasteiger charge is -2.26. The van der Waals surface area contributed by atoms with E-state index in [4.69, 9.17) is 5.11 Å². The van der Waals surface area contributed by atoms with Crippen molar-refractivity contribution in [2.24, 2.45) is 5.92 Å². The first-order chi connectivity index (χ1) is 9.69. The second-order valence-corrected chi connectivity index (χ2v) is 5.94. The van der Waals surface area contributed by atoms with Gasteiger partial charge in [-0.25, -0.2) is 0 Å². The van der Waals surface area contributed by atoms with Gasteiger partial charge in [0.15, 0.2) is 0 Å². The molecule has 0 saturated heterocycles. The number of aliphatic hydroxyl groups is 1. The normalized spacial score (nSPS) is 14.4. The van der Waals surface area contributed by atoms with Gasteiger partial charge in [-0.15, -0.1) is 0 Å². The van der Waals surface area contributed by atoms with Gasteiger partial charge >= 0.3 is 0 Å². The molecular weight excluding hydrogens is 246 g/mol. The molecule has 2 heteroatoms. The summed E-state index contributed by atoms with van der Waals surface area (Å²) in [6.45, 7) is 6.94. The van der Waals surface area contributed by atoms with Crippen molar-refractivity contribution >= 4 is 0 Å². The van der Waals surface area contributed by atoms with Crippen LogP contribution in [0.25, 0.3) is 0 Å². The van der Waals surface area contributed by atoms with Crippen LogP contribution in [0.1, 0.15) is 44.2 Å². The zero-order valence-electron chi connectivity index (χ0n) is 12.6. The van der Waals surface area contributed by atoms with E-state index in [1.54, 1.807) is 0 Å². The lowest BCUT2D eigenvalue weighted by atomic mass is 10.1. The van der Waals surface area contributed by atoms with Gasteiger partial charge in [0, 0.05) is 31.1 Å². The minimum atomic E-state index is 0.135. The molecule has 1 saturated carbocycles. The zero-order valence-corrected chi connectivity index (χ0v) is 12.6. The molecule has 0 atom stereocenters. The Kier molecular flexibility index (Phi) is 5.64. The molecule has 0 unspecified atom stereocenters. The van der Waals surface area contributed by atoms with Crippen LogP contribution in [0, 0.1) is 17.8 Å². The van der Waals surface area contributed by atoms with Crippen molar-refractivity contribution in [1.82, 2.24) is 4.90 Å². The first kappa shape index (κ1) is 15.1. The van der Waals surface area contributed by atoms with Crippen molar-refractivity contribution in [3.05, 3.63) is 35.4 Å². The number of hydrogen-bond donors (Lipinski definition) is 1. The van der Waals surface area contributed by atoms with Crippen LogP contribution in [0.3, 0.4) is 0 Å². The van der Waals surface area contributed by atoms with Crippen molar-refractivity contribution in [3.63, 3.8) is 0 Å². The quantitative estimate of drug-likeness (QED) is 0.804. The highest BCUT2D eigenvalue weighted by atomic mass is 16.2. The van der Waals surface area contributed by atoms with Gasteiger partial charge in [0.05, 0.1) is 6.61 Å². The minimum Gasteiger partial charge on any atom is -0.395 e. The summed E-state index contributed by atoms with van der Waals surface area (Å²) < 4.78 is 0. The average Bonchev–Trinajstić information content (AvgIpc) is 3.24. The molecule has 1 aromatic rings. The van der Waals surface area contributed by atoms with Gasteiger partial charge in [-0.3, -0.25) is 4.90 Å². The maximum Gasteiger partial charge on any atom is 0.0540 e. The van der Waals surface area contributed by atoms with Gasteiger partial charge < -0.3 is 5.11 Å². The maximum atomic E-state index is 8.71. The highest BCUT2D eigenvalue weighted by Gasteiger charge is 2.25. The molecule has 1 aliphatic rings. The van der Waals surface area contributed by atoms with Gasteiger partial charge in [0.2, 0.25) is 0 Å². The Labute approximate surface area is 122 Å². The Bertz CT molecular complexity index is 462. The maximum absolute atomic E-state index is 8.71. The smallest absolute Gasteiger partial charge is 0.0540 e. The topological polar surface area (TPSA) is 23.5 Å². The molecule has 2 nitrogen and oxygen atoms in total. The lowest BCUT2D eigenvalue weighted by Crippen LogP contribution is -2.32. The standard InChI is InChI=1S/C18H25NO/c1-15(2)19(14-18-10-11-18)13-17-8-6-16(7-9-17)5-3-4-12-20/h6-9,15,18,20H,4,10-14H2,1-2H3. The molecule has 1 aliphatic carbocycles. The van der Waals surface area contributed by atoms with Gasteiger partial charge in [-0.2, -0.15) is 0 Å². The van der Waals surface area contributed by atoms with Crippen LogP contribution in [-0.2, 0) is 6.54 Å². The van der Waals surface area contributed by atoms with Crippen LogP contribution in [-0.4, -0.2) is 29.2 Å². The second kappa shape index (κ2) is 7.47. The van der Waals surface area contributed by atoms with E-state index in [0.717, 1.165) is 18.0 Å². The third kappa shape index (κ3) is 5.00. The molecular formula is C18H25NO. The second-order valence-electron chi connectivity index (χ2n) is 5.94. The molecule has 1 N–H and O–H groups in total. The summed E-state index contributed by atoms with van der Waals surface area (Å²) in [5.41, 5.74) is 2.38. The summed E-state index contributed by atoms with van der Waals surface area (Å²) in [5.74, 6) is 6.95. The van der Waals surface area contributed by atoms with Crippen molar-refractivity contribution in [2.75, 3.05) is 13.2 Å². The largest absolute Gasteiger partial charge is 0.395 e. The van der Waals surface area contributed by atoms with Gasteiger partial charge in [0.25, 0.3) is 0 Å². The highest BCUT2D eigenvalue weighted by molar-refractivity contribution is 5.36. The number of hydrogen-bond acceptors (Lipinski definition) is 2. The van der Waals surface area contributed by atoms with E-state index >= 15 is 0 Å². The summed E-state index contributed by atoms with van der Waals surface area (Å²) in [6.07, 6.45) is 3.36. The first-order valence-electron chi connectivity index (χ1n) is 7.61. The summed E-state index contributed by atoms with van der Waals surface area (Å²) >= 11 is 0. The van der Waals surface area contributed by atoms with Gasteiger partial charge in [-0.1, -0.05) is 24.0 Å². The van der Waals surface area contributed by atoms with Crippen LogP contribution in [0.2, 0.25) is 0 Å². The summed E-state index contributed by atoms with van der Waals surface area (Å²) in [7, 11) is 0. The minimum absolute atomic E-state index is 0.135. The Balaban J connectivity index is 1.93. The SMILES string of the molecule is CC(C)N(Cc1ccc(C#CCCO)cc1)CC1CC1. The molecule has 20 heavy (non-hydrogen) atoms. The third-order valence-electron chi connectivity index (χ3n) is 3.73. The fourth-order valence-corrected chi connectivity index (χ4v) is 2.24. The van der Waals surface area contributed by atoms with E-state index in [-0.39, 0.29) is 6.61 Å². The van der Waals surface area contributed by atoms with Gasteiger partial charge in [0.1, 0.15) is 0 Å². The van der Waals surface area contributed by atoms with E-state index < -0.39 is 0 Å². The molecule has 0 aliphatic heterocycles. The van der Waals surface area contributed by atoms with E-state index in [9.17, 15) is 0 Å². The van der Waals surface area contributed by atoms with E-state index in [1.165, 1.54) is 24.9 Å². The number of aliphatic hydroxyl groups excluding tert-OH is 1. The van der Waals surface area contributed by atoms with Crippen molar-refractivity contribution in [2.45, 2.75) is 45.7 Å². The van der Waals surface area contributed by atoms with Crippen molar-refractivity contribution in [1.29, 1.82) is 0 Å². The van der Waals surface area contributed by atoms with Crippen LogP contribution in [0.5, 0.6) is 0 Å². The molecule has 0 bridgehead atoms. The lowest BCUT2D eigenvalue weighted by molar-refractivity contribution is 0.204. The molecule has 1 fully saturated rings. The van der Waals surface area contributed by atoms with Crippen molar-refractivity contribution < 1.29 is 5.11 Å². The van der Waals surface area contributed by atoms with Crippen LogP contribution < -0.4 is 0 Å². The molecule has 0 radical (unpaired) electrons. The number of nitrogens with zero attached hydrogens (tertiary/aromatic N) is 1. The molecule has 0 spiro atoms. The Morgan fingerprint density at radius 2 is 1.95 bits per heavy atom. The molecule has 108 valence electrons. The Morgan fingerprint density at radius 3 is 2.50 bits per heavy atom. The molecule has 2 rings (SSSR count).